The quantitative estimate of drug-likeness (QED) is 0.335. The van der Waals surface area contributed by atoms with E-state index in [0.29, 0.717) is 5.11 Å². The second-order valence-electron chi connectivity index (χ2n) is 3.32. The third-order valence-electron chi connectivity index (χ3n) is 2.18. The molecule has 1 aromatic heterocycles. The van der Waals surface area contributed by atoms with Crippen LogP contribution in [0, 0.1) is 6.92 Å². The van der Waals surface area contributed by atoms with Crippen LogP contribution in [0.3, 0.4) is 0 Å². The van der Waals surface area contributed by atoms with Gasteiger partial charge in [-0.05, 0) is 37.3 Å². The Hall–Kier alpha value is -1.59. The zero-order valence-electron chi connectivity index (χ0n) is 8.29. The molecule has 0 saturated heterocycles. The first-order valence-electron chi connectivity index (χ1n) is 4.56. The van der Waals surface area contributed by atoms with Crippen LogP contribution in [0.2, 0.25) is 0 Å². The molecule has 5 N–H and O–H groups in total. The molecule has 2 rings (SSSR count). The van der Waals surface area contributed by atoms with Gasteiger partial charge in [-0.3, -0.25) is 0 Å². The summed E-state index contributed by atoms with van der Waals surface area (Å²) >= 11 is 4.95. The summed E-state index contributed by atoms with van der Waals surface area (Å²) in [5, 5.41) is 4.53. The summed E-state index contributed by atoms with van der Waals surface area (Å²) in [7, 11) is 0. The molecular formula is C10H12N4S. The predicted octanol–water partition coefficient (Wildman–Crippen LogP) is 1.64. The minimum Gasteiger partial charge on any atom is -0.359 e. The number of nitrogens with one attached hydrogen (secondary N) is 3. The molecule has 0 fully saturated rings. The maximum absolute atomic E-state index is 5.21. The summed E-state index contributed by atoms with van der Waals surface area (Å²) in [5.41, 5.74) is 5.54. The molecule has 0 aliphatic heterocycles. The van der Waals surface area contributed by atoms with Gasteiger partial charge in [-0.15, -0.1) is 0 Å². The van der Waals surface area contributed by atoms with Gasteiger partial charge in [0.05, 0.1) is 0 Å². The molecule has 0 saturated carbocycles. The number of thiocarbonyl (C=S) groups is 1. The number of benzene rings is 1. The SMILES string of the molecule is Cc1cc2c(NC(=S)NN)cccc2[nH]1. The van der Waals surface area contributed by atoms with Gasteiger partial charge < -0.3 is 15.7 Å². The Morgan fingerprint density at radius 3 is 3.00 bits per heavy atom. The summed E-state index contributed by atoms with van der Waals surface area (Å²) in [6, 6.07) is 8.00. The van der Waals surface area contributed by atoms with Gasteiger partial charge in [0.2, 0.25) is 0 Å². The normalized spacial score (nSPS) is 10.3. The highest BCUT2D eigenvalue weighted by Gasteiger charge is 2.03. The Bertz CT molecular complexity index is 503. The molecule has 1 heterocycles. The van der Waals surface area contributed by atoms with Crippen LogP contribution < -0.4 is 16.6 Å². The zero-order chi connectivity index (χ0) is 10.8. The largest absolute Gasteiger partial charge is 0.359 e. The number of H-pyrrole nitrogens is 1. The van der Waals surface area contributed by atoms with Crippen LogP contribution in [-0.4, -0.2) is 10.1 Å². The first-order chi connectivity index (χ1) is 7.20. The topological polar surface area (TPSA) is 65.9 Å². The second-order valence-corrected chi connectivity index (χ2v) is 3.73. The Balaban J connectivity index is 2.46. The summed E-state index contributed by atoms with van der Waals surface area (Å²) < 4.78 is 0. The molecule has 78 valence electrons. The third-order valence-corrected chi connectivity index (χ3v) is 2.40. The van der Waals surface area contributed by atoms with Crippen molar-refractivity contribution in [1.29, 1.82) is 0 Å². The van der Waals surface area contributed by atoms with E-state index in [0.717, 1.165) is 22.3 Å². The lowest BCUT2D eigenvalue weighted by atomic mass is 10.2. The molecule has 15 heavy (non-hydrogen) atoms. The van der Waals surface area contributed by atoms with Crippen LogP contribution in [-0.2, 0) is 0 Å². The van der Waals surface area contributed by atoms with Gasteiger partial charge in [-0.25, -0.2) is 5.84 Å². The molecule has 2 aromatic rings. The first kappa shape index (κ1) is 9.95. The number of aromatic amines is 1. The number of fused-ring (bicyclic) bond motifs is 1. The maximum atomic E-state index is 5.21. The van der Waals surface area contributed by atoms with E-state index in [-0.39, 0.29) is 0 Å². The molecule has 0 aliphatic carbocycles. The zero-order valence-corrected chi connectivity index (χ0v) is 9.11. The first-order valence-corrected chi connectivity index (χ1v) is 4.97. The average Bonchev–Trinajstić information content (AvgIpc) is 2.59. The Morgan fingerprint density at radius 2 is 2.27 bits per heavy atom. The standard InChI is InChI=1S/C10H12N4S/c1-6-5-7-8(12-6)3-2-4-9(7)13-10(15)14-11/h2-5,12H,11H2,1H3,(H2,13,14,15). The van der Waals surface area contributed by atoms with Crippen LogP contribution >= 0.6 is 12.2 Å². The third kappa shape index (κ3) is 1.93. The van der Waals surface area contributed by atoms with E-state index in [1.807, 2.05) is 25.1 Å². The maximum Gasteiger partial charge on any atom is 0.185 e. The predicted molar refractivity (Wildman–Crippen MR) is 66.6 cm³/mol. The number of aromatic nitrogens is 1. The van der Waals surface area contributed by atoms with Crippen LogP contribution in [0.1, 0.15) is 5.69 Å². The van der Waals surface area contributed by atoms with Crippen LogP contribution in [0.4, 0.5) is 5.69 Å². The van der Waals surface area contributed by atoms with Crippen LogP contribution in [0.25, 0.3) is 10.9 Å². The molecule has 1 aromatic carbocycles. The van der Waals surface area contributed by atoms with Crippen molar-refractivity contribution in [2.75, 3.05) is 5.32 Å². The smallest absolute Gasteiger partial charge is 0.185 e. The van der Waals surface area contributed by atoms with E-state index in [1.165, 1.54) is 0 Å². The fourth-order valence-electron chi connectivity index (χ4n) is 1.56. The molecule has 0 amide bonds. The Kier molecular flexibility index (Phi) is 2.57. The van der Waals surface area contributed by atoms with E-state index < -0.39 is 0 Å². The fraction of sp³-hybridized carbons (Fsp3) is 0.100. The molecule has 0 radical (unpaired) electrons. The number of anilines is 1. The van der Waals surface area contributed by atoms with Crippen molar-refractivity contribution in [2.24, 2.45) is 5.84 Å². The van der Waals surface area contributed by atoms with Gasteiger partial charge in [-0.2, -0.15) is 0 Å². The van der Waals surface area contributed by atoms with E-state index in [2.05, 4.69) is 21.8 Å². The Morgan fingerprint density at radius 1 is 1.47 bits per heavy atom. The second kappa shape index (κ2) is 3.88. The molecular weight excluding hydrogens is 208 g/mol. The van der Waals surface area contributed by atoms with E-state index in [4.69, 9.17) is 18.1 Å². The minimum atomic E-state index is 0.404. The average molecular weight is 220 g/mol. The summed E-state index contributed by atoms with van der Waals surface area (Å²) in [5.74, 6) is 5.21. The van der Waals surface area contributed by atoms with Gasteiger partial charge in [0.15, 0.2) is 5.11 Å². The highest BCUT2D eigenvalue weighted by Crippen LogP contribution is 2.23. The van der Waals surface area contributed by atoms with E-state index in [1.54, 1.807) is 0 Å². The molecule has 0 unspecified atom stereocenters. The summed E-state index contributed by atoms with van der Waals surface area (Å²) in [4.78, 5) is 3.26. The van der Waals surface area contributed by atoms with Crippen molar-refractivity contribution in [1.82, 2.24) is 10.4 Å². The minimum absolute atomic E-state index is 0.404. The van der Waals surface area contributed by atoms with Crippen molar-refractivity contribution in [2.45, 2.75) is 6.92 Å². The number of aryl methyl sites for hydroxylation is 1. The van der Waals surface area contributed by atoms with E-state index in [9.17, 15) is 0 Å². The van der Waals surface area contributed by atoms with Crippen LogP contribution in [0.15, 0.2) is 24.3 Å². The highest BCUT2D eigenvalue weighted by atomic mass is 32.1. The molecule has 0 spiro atoms. The number of hydrazine groups is 1. The number of rotatable bonds is 1. The molecule has 0 aliphatic rings. The fourth-order valence-corrected chi connectivity index (χ4v) is 1.67. The van der Waals surface area contributed by atoms with Crippen molar-refractivity contribution >= 4 is 33.9 Å². The number of hydrogen-bond acceptors (Lipinski definition) is 2. The molecule has 5 heteroatoms. The molecule has 0 atom stereocenters. The van der Waals surface area contributed by atoms with E-state index >= 15 is 0 Å². The lowest BCUT2D eigenvalue weighted by Gasteiger charge is -2.07. The van der Waals surface area contributed by atoms with Crippen molar-refractivity contribution in [3.63, 3.8) is 0 Å². The number of nitrogens with two attached hydrogens (primary N) is 1. The van der Waals surface area contributed by atoms with Gasteiger partial charge in [0.1, 0.15) is 0 Å². The van der Waals surface area contributed by atoms with Crippen molar-refractivity contribution < 1.29 is 0 Å². The summed E-state index contributed by atoms with van der Waals surface area (Å²) in [6.07, 6.45) is 0. The van der Waals surface area contributed by atoms with Crippen molar-refractivity contribution in [3.8, 4) is 0 Å². The molecule has 4 nitrogen and oxygen atoms in total. The van der Waals surface area contributed by atoms with Gasteiger partial charge in [0, 0.05) is 22.3 Å². The molecule has 0 bridgehead atoms. The lowest BCUT2D eigenvalue weighted by molar-refractivity contribution is 1.04. The van der Waals surface area contributed by atoms with Crippen LogP contribution in [0.5, 0.6) is 0 Å². The summed E-state index contributed by atoms with van der Waals surface area (Å²) in [6.45, 7) is 2.02. The highest BCUT2D eigenvalue weighted by molar-refractivity contribution is 7.80. The number of hydrogen-bond donors (Lipinski definition) is 4. The lowest BCUT2D eigenvalue weighted by Crippen LogP contribution is -2.34. The van der Waals surface area contributed by atoms with Crippen molar-refractivity contribution in [3.05, 3.63) is 30.0 Å². The van der Waals surface area contributed by atoms with Gasteiger partial charge in [-0.1, -0.05) is 6.07 Å². The Labute approximate surface area is 92.8 Å². The monoisotopic (exact) mass is 220 g/mol. The van der Waals surface area contributed by atoms with Gasteiger partial charge in [0.25, 0.3) is 0 Å². The van der Waals surface area contributed by atoms with Gasteiger partial charge >= 0.3 is 0 Å².